The predicted octanol–water partition coefficient (Wildman–Crippen LogP) is 1.51. The van der Waals surface area contributed by atoms with Crippen LogP contribution in [0.1, 0.15) is 18.1 Å². The second-order valence-electron chi connectivity index (χ2n) is 3.34. The van der Waals surface area contributed by atoms with Gasteiger partial charge in [0.25, 0.3) is 0 Å². The first-order valence-electron chi connectivity index (χ1n) is 5.09. The monoisotopic (exact) mass is 214 g/mol. The second-order valence-corrected chi connectivity index (χ2v) is 3.34. The number of hydrogen-bond acceptors (Lipinski definition) is 3. The molecule has 0 amide bonds. The maximum atomic E-state index is 9.04. The quantitative estimate of drug-likeness (QED) is 0.773. The number of benzene rings is 1. The molecule has 82 valence electrons. The summed E-state index contributed by atoms with van der Waals surface area (Å²) in [4.78, 5) is 1.94. The zero-order valence-corrected chi connectivity index (χ0v) is 9.27. The van der Waals surface area contributed by atoms with E-state index in [2.05, 4.69) is 12.0 Å². The van der Waals surface area contributed by atoms with Crippen LogP contribution in [-0.4, -0.2) is 18.2 Å². The number of terminal acetylenes is 1. The normalized spacial score (nSPS) is 9.25. The van der Waals surface area contributed by atoms with Crippen LogP contribution in [0.25, 0.3) is 0 Å². The van der Waals surface area contributed by atoms with E-state index in [0.29, 0.717) is 12.1 Å². The summed E-state index contributed by atoms with van der Waals surface area (Å²) in [6, 6.07) is 7.44. The standard InChI is InChI=1S/C13H14N2O/c1-3-7-15(4-2)13-6-5-11(10-16)8-12(13)9-14/h1,5-6,8,16H,4,7,10H2,2H3. The Morgan fingerprint density at radius 1 is 1.50 bits per heavy atom. The number of aliphatic hydroxyl groups is 1. The minimum absolute atomic E-state index is 0.0593. The first-order chi connectivity index (χ1) is 7.76. The summed E-state index contributed by atoms with van der Waals surface area (Å²) in [5.41, 5.74) is 2.10. The highest BCUT2D eigenvalue weighted by atomic mass is 16.3. The summed E-state index contributed by atoms with van der Waals surface area (Å²) in [5.74, 6) is 2.56. The van der Waals surface area contributed by atoms with Crippen molar-refractivity contribution in [1.82, 2.24) is 0 Å². The van der Waals surface area contributed by atoms with E-state index in [1.807, 2.05) is 17.9 Å². The van der Waals surface area contributed by atoms with Crippen LogP contribution >= 0.6 is 0 Å². The molecule has 0 aliphatic heterocycles. The molecule has 16 heavy (non-hydrogen) atoms. The SMILES string of the molecule is C#CCN(CC)c1ccc(CO)cc1C#N. The number of anilines is 1. The number of hydrogen-bond donors (Lipinski definition) is 1. The molecule has 1 rings (SSSR count). The van der Waals surface area contributed by atoms with Crippen molar-refractivity contribution in [2.45, 2.75) is 13.5 Å². The van der Waals surface area contributed by atoms with E-state index in [-0.39, 0.29) is 6.61 Å². The van der Waals surface area contributed by atoms with Gasteiger partial charge in [0.1, 0.15) is 6.07 Å². The summed E-state index contributed by atoms with van der Waals surface area (Å²) >= 11 is 0. The van der Waals surface area contributed by atoms with Crippen molar-refractivity contribution in [3.8, 4) is 18.4 Å². The molecular weight excluding hydrogens is 200 g/mol. The van der Waals surface area contributed by atoms with Gasteiger partial charge in [0.05, 0.1) is 24.4 Å². The fraction of sp³-hybridized carbons (Fsp3) is 0.308. The molecule has 0 fully saturated rings. The van der Waals surface area contributed by atoms with E-state index in [9.17, 15) is 0 Å². The average molecular weight is 214 g/mol. The maximum Gasteiger partial charge on any atom is 0.101 e. The predicted molar refractivity (Wildman–Crippen MR) is 63.8 cm³/mol. The molecule has 0 radical (unpaired) electrons. The van der Waals surface area contributed by atoms with Crippen LogP contribution in [0.5, 0.6) is 0 Å². The van der Waals surface area contributed by atoms with Crippen molar-refractivity contribution in [2.75, 3.05) is 18.0 Å². The summed E-state index contributed by atoms with van der Waals surface area (Å²) in [6.07, 6.45) is 5.28. The lowest BCUT2D eigenvalue weighted by Gasteiger charge is -2.21. The Kier molecular flexibility index (Phi) is 4.39. The molecule has 0 spiro atoms. The zero-order chi connectivity index (χ0) is 12.0. The lowest BCUT2D eigenvalue weighted by molar-refractivity contribution is 0.282. The highest BCUT2D eigenvalue weighted by Gasteiger charge is 2.09. The van der Waals surface area contributed by atoms with Crippen LogP contribution in [0.15, 0.2) is 18.2 Å². The Morgan fingerprint density at radius 2 is 2.25 bits per heavy atom. The molecule has 1 N–H and O–H groups in total. The summed E-state index contributed by atoms with van der Waals surface area (Å²) in [7, 11) is 0. The van der Waals surface area contributed by atoms with Gasteiger partial charge in [-0.1, -0.05) is 12.0 Å². The Hall–Kier alpha value is -1.97. The van der Waals surface area contributed by atoms with Crippen molar-refractivity contribution in [3.05, 3.63) is 29.3 Å². The van der Waals surface area contributed by atoms with E-state index in [0.717, 1.165) is 17.8 Å². The van der Waals surface area contributed by atoms with Crippen LogP contribution < -0.4 is 4.90 Å². The fourth-order valence-corrected chi connectivity index (χ4v) is 1.52. The topological polar surface area (TPSA) is 47.3 Å². The molecule has 0 aliphatic carbocycles. The van der Waals surface area contributed by atoms with Crippen molar-refractivity contribution in [2.24, 2.45) is 0 Å². The third-order valence-electron chi connectivity index (χ3n) is 2.37. The third kappa shape index (κ3) is 2.53. The smallest absolute Gasteiger partial charge is 0.101 e. The minimum atomic E-state index is -0.0593. The first-order valence-corrected chi connectivity index (χ1v) is 5.09. The van der Waals surface area contributed by atoms with Gasteiger partial charge in [-0.2, -0.15) is 5.26 Å². The van der Waals surface area contributed by atoms with Crippen LogP contribution in [0.4, 0.5) is 5.69 Å². The minimum Gasteiger partial charge on any atom is -0.392 e. The zero-order valence-electron chi connectivity index (χ0n) is 9.27. The lowest BCUT2D eigenvalue weighted by atomic mass is 10.1. The van der Waals surface area contributed by atoms with Crippen molar-refractivity contribution in [3.63, 3.8) is 0 Å². The molecule has 0 bridgehead atoms. The molecule has 1 aromatic rings. The summed E-state index contributed by atoms with van der Waals surface area (Å²) < 4.78 is 0. The molecule has 0 saturated carbocycles. The molecule has 0 unspecified atom stereocenters. The molecule has 3 nitrogen and oxygen atoms in total. The van der Waals surface area contributed by atoms with Gasteiger partial charge in [-0.15, -0.1) is 6.42 Å². The van der Waals surface area contributed by atoms with E-state index in [1.54, 1.807) is 12.1 Å². The van der Waals surface area contributed by atoms with E-state index in [4.69, 9.17) is 16.8 Å². The molecule has 0 atom stereocenters. The highest BCUT2D eigenvalue weighted by molar-refractivity contribution is 5.61. The van der Waals surface area contributed by atoms with Crippen molar-refractivity contribution >= 4 is 5.69 Å². The van der Waals surface area contributed by atoms with Gasteiger partial charge in [-0.3, -0.25) is 0 Å². The molecule has 3 heteroatoms. The van der Waals surface area contributed by atoms with Crippen LogP contribution in [-0.2, 0) is 6.61 Å². The second kappa shape index (κ2) is 5.80. The average Bonchev–Trinajstić information content (AvgIpc) is 2.35. The van der Waals surface area contributed by atoms with Crippen LogP contribution in [0.2, 0.25) is 0 Å². The van der Waals surface area contributed by atoms with Gasteiger partial charge in [0, 0.05) is 6.54 Å². The number of rotatable bonds is 4. The molecule has 0 aliphatic rings. The first kappa shape index (κ1) is 12.1. The van der Waals surface area contributed by atoms with Crippen LogP contribution in [0, 0.1) is 23.7 Å². The largest absolute Gasteiger partial charge is 0.392 e. The Bertz CT molecular complexity index is 440. The van der Waals surface area contributed by atoms with Crippen LogP contribution in [0.3, 0.4) is 0 Å². The highest BCUT2D eigenvalue weighted by Crippen LogP contribution is 2.21. The van der Waals surface area contributed by atoms with Crippen molar-refractivity contribution in [1.29, 1.82) is 5.26 Å². The Morgan fingerprint density at radius 3 is 2.75 bits per heavy atom. The van der Waals surface area contributed by atoms with Gasteiger partial charge in [0.2, 0.25) is 0 Å². The van der Waals surface area contributed by atoms with Crippen molar-refractivity contribution < 1.29 is 5.11 Å². The third-order valence-corrected chi connectivity index (χ3v) is 2.37. The number of nitriles is 1. The summed E-state index contributed by atoms with van der Waals surface area (Å²) in [5, 5.41) is 18.0. The number of aliphatic hydroxyl groups excluding tert-OH is 1. The summed E-state index contributed by atoms with van der Waals surface area (Å²) in [6.45, 7) is 3.15. The van der Waals surface area contributed by atoms with Gasteiger partial charge < -0.3 is 10.0 Å². The van der Waals surface area contributed by atoms with Gasteiger partial charge in [-0.05, 0) is 24.6 Å². The maximum absolute atomic E-state index is 9.04. The van der Waals surface area contributed by atoms with Gasteiger partial charge in [0.15, 0.2) is 0 Å². The van der Waals surface area contributed by atoms with E-state index in [1.165, 1.54) is 0 Å². The van der Waals surface area contributed by atoms with Gasteiger partial charge in [-0.25, -0.2) is 0 Å². The van der Waals surface area contributed by atoms with Gasteiger partial charge >= 0.3 is 0 Å². The number of nitrogens with zero attached hydrogens (tertiary/aromatic N) is 2. The van der Waals surface area contributed by atoms with E-state index >= 15 is 0 Å². The molecular formula is C13H14N2O. The molecule has 0 heterocycles. The molecule has 0 aromatic heterocycles. The Balaban J connectivity index is 3.13. The van der Waals surface area contributed by atoms with E-state index < -0.39 is 0 Å². The Labute approximate surface area is 95.9 Å². The molecule has 1 aromatic carbocycles. The lowest BCUT2D eigenvalue weighted by Crippen LogP contribution is -2.23. The fourth-order valence-electron chi connectivity index (χ4n) is 1.52. The molecule has 0 saturated heterocycles.